The van der Waals surface area contributed by atoms with E-state index in [0.717, 1.165) is 36.6 Å². The summed E-state index contributed by atoms with van der Waals surface area (Å²) in [5.74, 6) is 2.23. The van der Waals surface area contributed by atoms with Crippen molar-refractivity contribution < 1.29 is 9.53 Å². The first-order chi connectivity index (χ1) is 14.1. The highest BCUT2D eigenvalue weighted by atomic mass is 32.1. The van der Waals surface area contributed by atoms with Crippen LogP contribution in [-0.4, -0.2) is 58.9 Å². The molecular formula is C21H31N5O2S. The third kappa shape index (κ3) is 6.14. The number of methoxy groups -OCH3 is 1. The van der Waals surface area contributed by atoms with Gasteiger partial charge >= 0.3 is 0 Å². The minimum absolute atomic E-state index is 0.0518. The highest BCUT2D eigenvalue weighted by molar-refractivity contribution is 7.71. The van der Waals surface area contributed by atoms with E-state index in [1.807, 2.05) is 24.3 Å². The van der Waals surface area contributed by atoms with Crippen molar-refractivity contribution in [2.24, 2.45) is 5.92 Å². The van der Waals surface area contributed by atoms with Crippen molar-refractivity contribution in [2.75, 3.05) is 33.3 Å². The van der Waals surface area contributed by atoms with E-state index in [1.54, 1.807) is 11.7 Å². The Morgan fingerprint density at radius 1 is 1.28 bits per heavy atom. The highest BCUT2D eigenvalue weighted by Crippen LogP contribution is 2.21. The first-order valence-corrected chi connectivity index (χ1v) is 10.8. The number of unbranched alkanes of at least 4 members (excludes halogenated alkanes) is 1. The first-order valence-electron chi connectivity index (χ1n) is 10.4. The zero-order chi connectivity index (χ0) is 20.6. The molecule has 2 aromatic rings. The number of piperidine rings is 1. The van der Waals surface area contributed by atoms with Gasteiger partial charge in [-0.2, -0.15) is 5.10 Å². The molecule has 1 amide bonds. The van der Waals surface area contributed by atoms with Gasteiger partial charge in [0, 0.05) is 12.1 Å². The van der Waals surface area contributed by atoms with Crippen LogP contribution < -0.4 is 10.1 Å². The lowest BCUT2D eigenvalue weighted by molar-refractivity contribution is -0.121. The van der Waals surface area contributed by atoms with Crippen LogP contribution in [0.3, 0.4) is 0 Å². The van der Waals surface area contributed by atoms with Crippen molar-refractivity contribution >= 4 is 18.1 Å². The number of benzene rings is 1. The molecule has 0 unspecified atom stereocenters. The molecule has 29 heavy (non-hydrogen) atoms. The van der Waals surface area contributed by atoms with Crippen molar-refractivity contribution in [3.63, 3.8) is 0 Å². The van der Waals surface area contributed by atoms with E-state index in [2.05, 4.69) is 27.3 Å². The number of nitrogens with one attached hydrogen (secondary N) is 2. The molecule has 0 bridgehead atoms. The van der Waals surface area contributed by atoms with E-state index in [-0.39, 0.29) is 12.5 Å². The number of carbonyl (C=O) groups is 1. The topological polar surface area (TPSA) is 75.2 Å². The lowest BCUT2D eigenvalue weighted by Gasteiger charge is -2.30. The zero-order valence-corrected chi connectivity index (χ0v) is 18.1. The van der Waals surface area contributed by atoms with Gasteiger partial charge in [0.05, 0.1) is 7.11 Å². The molecule has 1 aliphatic heterocycles. The fourth-order valence-corrected chi connectivity index (χ4v) is 3.79. The summed E-state index contributed by atoms with van der Waals surface area (Å²) < 4.78 is 7.35. The van der Waals surface area contributed by atoms with E-state index in [1.165, 1.54) is 25.9 Å². The Kier molecular flexibility index (Phi) is 7.83. The molecule has 8 heteroatoms. The maximum Gasteiger partial charge on any atom is 0.240 e. The molecular weight excluding hydrogens is 386 g/mol. The fourth-order valence-electron chi connectivity index (χ4n) is 3.60. The Bertz CT molecular complexity index is 838. The van der Waals surface area contributed by atoms with Gasteiger partial charge in [-0.15, -0.1) is 0 Å². The molecule has 1 aliphatic rings. The number of carbonyl (C=O) groups excluding carboxylic acids is 1. The Hall–Kier alpha value is -2.19. The Balaban J connectivity index is 1.44. The Morgan fingerprint density at radius 2 is 2.00 bits per heavy atom. The van der Waals surface area contributed by atoms with Gasteiger partial charge in [-0.25, -0.2) is 0 Å². The molecule has 0 aliphatic carbocycles. The second kappa shape index (κ2) is 10.5. The van der Waals surface area contributed by atoms with E-state index in [4.69, 9.17) is 17.0 Å². The third-order valence-corrected chi connectivity index (χ3v) is 5.82. The quantitative estimate of drug-likeness (QED) is 0.484. The van der Waals surface area contributed by atoms with Crippen LogP contribution in [-0.2, 0) is 11.3 Å². The van der Waals surface area contributed by atoms with E-state index in [0.29, 0.717) is 17.1 Å². The summed E-state index contributed by atoms with van der Waals surface area (Å²) in [4.78, 5) is 14.9. The third-order valence-electron chi connectivity index (χ3n) is 5.51. The van der Waals surface area contributed by atoms with Crippen LogP contribution in [0.1, 0.15) is 32.6 Å². The Morgan fingerprint density at radius 3 is 2.69 bits per heavy atom. The van der Waals surface area contributed by atoms with Crippen LogP contribution >= 0.6 is 12.2 Å². The average molecular weight is 418 g/mol. The number of ether oxygens (including phenoxy) is 1. The largest absolute Gasteiger partial charge is 0.497 e. The number of hydrogen-bond donors (Lipinski definition) is 2. The molecule has 1 aromatic heterocycles. The molecule has 1 fully saturated rings. The lowest BCUT2D eigenvalue weighted by Crippen LogP contribution is -2.34. The normalized spacial score (nSPS) is 15.4. The number of aromatic nitrogens is 3. The molecule has 2 heterocycles. The van der Waals surface area contributed by atoms with Gasteiger partial charge in [-0.1, -0.05) is 6.92 Å². The van der Waals surface area contributed by atoms with Gasteiger partial charge in [0.25, 0.3) is 0 Å². The monoisotopic (exact) mass is 417 g/mol. The molecule has 1 saturated heterocycles. The summed E-state index contributed by atoms with van der Waals surface area (Å²) in [7, 11) is 1.63. The first kappa shape index (κ1) is 21.5. The van der Waals surface area contributed by atoms with Crippen molar-refractivity contribution in [1.29, 1.82) is 0 Å². The minimum Gasteiger partial charge on any atom is -0.497 e. The molecule has 7 nitrogen and oxygen atoms in total. The second-order valence-electron chi connectivity index (χ2n) is 7.75. The van der Waals surface area contributed by atoms with Gasteiger partial charge in [-0.3, -0.25) is 14.5 Å². The summed E-state index contributed by atoms with van der Waals surface area (Å²) in [5.41, 5.74) is 0.877. The second-order valence-corrected chi connectivity index (χ2v) is 8.13. The molecule has 2 N–H and O–H groups in total. The smallest absolute Gasteiger partial charge is 0.240 e. The summed E-state index contributed by atoms with van der Waals surface area (Å²) in [6.45, 7) is 6.71. The van der Waals surface area contributed by atoms with Crippen molar-refractivity contribution in [2.45, 2.75) is 39.2 Å². The van der Waals surface area contributed by atoms with Gasteiger partial charge in [0.15, 0.2) is 10.6 Å². The maximum absolute atomic E-state index is 12.4. The molecule has 0 spiro atoms. The predicted molar refractivity (Wildman–Crippen MR) is 116 cm³/mol. The standard InChI is InChI=1S/C21H31N5O2S/c1-16-9-13-25(14-10-16)12-4-3-11-22-19(27)15-26-20(23-24-21(26)29)17-5-7-18(28-2)8-6-17/h5-8,16H,3-4,9-15H2,1-2H3,(H,22,27)(H,24,29). The van der Waals surface area contributed by atoms with Crippen LogP contribution in [0.2, 0.25) is 0 Å². The number of amides is 1. The zero-order valence-electron chi connectivity index (χ0n) is 17.3. The molecule has 1 aromatic carbocycles. The highest BCUT2D eigenvalue weighted by Gasteiger charge is 2.15. The number of H-pyrrole nitrogens is 1. The summed E-state index contributed by atoms with van der Waals surface area (Å²) in [6.07, 6.45) is 4.70. The molecule has 0 radical (unpaired) electrons. The summed E-state index contributed by atoms with van der Waals surface area (Å²) in [5, 5.41) is 10.1. The van der Waals surface area contributed by atoms with E-state index >= 15 is 0 Å². The summed E-state index contributed by atoms with van der Waals surface area (Å²) >= 11 is 5.31. The van der Waals surface area contributed by atoms with Crippen LogP contribution in [0.25, 0.3) is 11.4 Å². The number of likely N-dealkylation sites (tertiary alicyclic amines) is 1. The van der Waals surface area contributed by atoms with Crippen LogP contribution in [0.15, 0.2) is 24.3 Å². The van der Waals surface area contributed by atoms with Gasteiger partial charge in [-0.05, 0) is 87.7 Å². The molecule has 3 rings (SSSR count). The number of hydrogen-bond acceptors (Lipinski definition) is 5. The number of rotatable bonds is 9. The van der Waals surface area contributed by atoms with Crippen LogP contribution in [0.4, 0.5) is 0 Å². The van der Waals surface area contributed by atoms with Gasteiger partial charge in [0.2, 0.25) is 5.91 Å². The maximum atomic E-state index is 12.4. The van der Waals surface area contributed by atoms with Crippen molar-refractivity contribution in [3.8, 4) is 17.1 Å². The lowest BCUT2D eigenvalue weighted by atomic mass is 9.99. The summed E-state index contributed by atoms with van der Waals surface area (Å²) in [6, 6.07) is 7.53. The van der Waals surface area contributed by atoms with Gasteiger partial charge in [0.1, 0.15) is 12.3 Å². The van der Waals surface area contributed by atoms with E-state index < -0.39 is 0 Å². The van der Waals surface area contributed by atoms with Crippen molar-refractivity contribution in [1.82, 2.24) is 25.0 Å². The van der Waals surface area contributed by atoms with Crippen molar-refractivity contribution in [3.05, 3.63) is 29.0 Å². The average Bonchev–Trinajstić information content (AvgIpc) is 3.09. The van der Waals surface area contributed by atoms with Crippen LogP contribution in [0, 0.1) is 10.7 Å². The fraction of sp³-hybridized carbons (Fsp3) is 0.571. The van der Waals surface area contributed by atoms with E-state index in [9.17, 15) is 4.79 Å². The molecule has 158 valence electrons. The molecule has 0 saturated carbocycles. The van der Waals surface area contributed by atoms with Crippen LogP contribution in [0.5, 0.6) is 5.75 Å². The predicted octanol–water partition coefficient (Wildman–Crippen LogP) is 3.24. The molecule has 0 atom stereocenters. The number of nitrogens with zero attached hydrogens (tertiary/aromatic N) is 3. The van der Waals surface area contributed by atoms with Gasteiger partial charge < -0.3 is 15.0 Å². The SMILES string of the molecule is COc1ccc(-c2n[nH]c(=S)n2CC(=O)NCCCCN2CCC(C)CC2)cc1. The Labute approximate surface area is 177 Å². The minimum atomic E-state index is -0.0518. The number of aromatic amines is 1.